The van der Waals surface area contributed by atoms with E-state index >= 15 is 0 Å². The first-order valence-corrected chi connectivity index (χ1v) is 11.6. The minimum absolute atomic E-state index is 0.111. The fraction of sp³-hybridized carbons (Fsp3) is 0.353. The Hall–Kier alpha value is -2.67. The van der Waals surface area contributed by atoms with Crippen molar-refractivity contribution >= 4 is 42.8 Å². The molecule has 5 atom stereocenters. The topological polar surface area (TPSA) is 206 Å². The number of hydrogen-bond donors (Lipinski definition) is 5. The molecule has 0 spiro atoms. The zero-order valence-corrected chi connectivity index (χ0v) is 19.0. The van der Waals surface area contributed by atoms with Crippen LogP contribution in [-0.4, -0.2) is 89.5 Å². The summed E-state index contributed by atoms with van der Waals surface area (Å²) in [6, 6.07) is 3.36. The summed E-state index contributed by atoms with van der Waals surface area (Å²) in [5, 5.41) is 51.5. The van der Waals surface area contributed by atoms with Crippen LogP contribution in [0.3, 0.4) is 0 Å². The molecule has 34 heavy (non-hydrogen) atoms. The van der Waals surface area contributed by atoms with Gasteiger partial charge in [0.25, 0.3) is 11.4 Å². The normalized spacial score (nSPS) is 25.5. The van der Waals surface area contributed by atoms with Crippen molar-refractivity contribution in [3.8, 4) is 0 Å². The van der Waals surface area contributed by atoms with Crippen molar-refractivity contribution in [2.45, 2.75) is 42.5 Å². The Morgan fingerprint density at radius 1 is 1.24 bits per heavy atom. The second-order valence-corrected chi connectivity index (χ2v) is 9.59. The highest BCUT2D eigenvalue weighted by molar-refractivity contribution is 9.10. The Labute approximate surface area is 197 Å². The number of halogens is 2. The lowest BCUT2D eigenvalue weighted by molar-refractivity contribution is -0.296. The molecule has 0 amide bonds. The fourth-order valence-electron chi connectivity index (χ4n) is 3.39. The lowest BCUT2D eigenvalue weighted by atomic mass is 9.99. The third-order valence-corrected chi connectivity index (χ3v) is 7.44. The highest BCUT2D eigenvalue weighted by Crippen LogP contribution is 2.34. The van der Waals surface area contributed by atoms with Gasteiger partial charge >= 0.3 is 16.0 Å². The van der Waals surface area contributed by atoms with E-state index < -0.39 is 64.3 Å². The number of carbonyl (C=O) groups is 1. The number of hydrogen-bond acceptors (Lipinski definition) is 11. The summed E-state index contributed by atoms with van der Waals surface area (Å²) in [6.07, 6.45) is -8.94. The van der Waals surface area contributed by atoms with Crippen LogP contribution in [0.15, 0.2) is 34.2 Å². The van der Waals surface area contributed by atoms with E-state index in [1.807, 2.05) is 0 Å². The van der Waals surface area contributed by atoms with Gasteiger partial charge in [-0.05, 0) is 34.1 Å². The first-order valence-electron chi connectivity index (χ1n) is 9.33. The molecule has 0 saturated carbocycles. The number of fused-ring (bicyclic) bond motifs is 1. The van der Waals surface area contributed by atoms with E-state index in [0.717, 1.165) is 18.5 Å². The van der Waals surface area contributed by atoms with Gasteiger partial charge in [-0.2, -0.15) is 13.4 Å². The van der Waals surface area contributed by atoms with Crippen LogP contribution in [0.2, 0.25) is 0 Å². The fourth-order valence-corrected chi connectivity index (χ4v) is 5.52. The van der Waals surface area contributed by atoms with E-state index in [9.17, 15) is 38.0 Å². The third kappa shape index (κ3) is 3.94. The molecule has 0 radical (unpaired) electrons. The van der Waals surface area contributed by atoms with Crippen LogP contribution >= 0.6 is 15.9 Å². The molecule has 0 bridgehead atoms. The van der Waals surface area contributed by atoms with E-state index in [0.29, 0.717) is 8.82 Å². The van der Waals surface area contributed by atoms with E-state index in [-0.39, 0.29) is 21.1 Å². The molecule has 0 aliphatic carbocycles. The lowest BCUT2D eigenvalue weighted by Crippen LogP contribution is -2.62. The maximum absolute atomic E-state index is 13.8. The van der Waals surface area contributed by atoms with E-state index in [1.54, 1.807) is 0 Å². The number of carboxylic acid groups (broad SMARTS) is 1. The van der Waals surface area contributed by atoms with Crippen LogP contribution in [0, 0.1) is 5.82 Å². The zero-order valence-electron chi connectivity index (χ0n) is 16.6. The summed E-state index contributed by atoms with van der Waals surface area (Å²) in [5.41, 5.74) is -0.244. The van der Waals surface area contributed by atoms with Gasteiger partial charge in [0.15, 0.2) is 12.4 Å². The molecule has 17 heteroatoms. The molecule has 0 unspecified atom stereocenters. The monoisotopic (exact) mass is 566 g/mol. The predicted octanol–water partition coefficient (Wildman–Crippen LogP) is -1.82. The highest BCUT2D eigenvalue weighted by atomic mass is 79.9. The number of rotatable bonds is 6. The largest absolute Gasteiger partial charge is 0.479 e. The zero-order chi connectivity index (χ0) is 24.9. The van der Waals surface area contributed by atoms with Crippen LogP contribution < -0.4 is 4.84 Å². The molecule has 1 fully saturated rings. The van der Waals surface area contributed by atoms with E-state index in [1.165, 1.54) is 6.07 Å². The molecule has 5 N–H and O–H groups in total. The van der Waals surface area contributed by atoms with Gasteiger partial charge < -0.3 is 35.1 Å². The number of aliphatic hydroxyl groups excluding tert-OH is 4. The molecule has 14 nitrogen and oxygen atoms in total. The smallest absolute Gasteiger partial charge is 0.335 e. The highest BCUT2D eigenvalue weighted by Gasteiger charge is 2.48. The molecule has 3 heterocycles. The quantitative estimate of drug-likeness (QED) is 0.223. The minimum atomic E-state index is -4.63. The summed E-state index contributed by atoms with van der Waals surface area (Å²) in [4.78, 5) is 20.3. The van der Waals surface area contributed by atoms with E-state index in [2.05, 4.69) is 26.0 Å². The van der Waals surface area contributed by atoms with Crippen molar-refractivity contribution in [2.75, 3.05) is 0 Å². The molecule has 4 rings (SSSR count). The van der Waals surface area contributed by atoms with Crippen LogP contribution in [0.4, 0.5) is 4.39 Å². The van der Waals surface area contributed by atoms with Gasteiger partial charge in [-0.15, -0.1) is 5.10 Å². The van der Waals surface area contributed by atoms with Crippen LogP contribution in [0.1, 0.15) is 5.69 Å². The number of carboxylic acids is 1. The molecule has 2 aromatic heterocycles. The van der Waals surface area contributed by atoms with Gasteiger partial charge in [0.1, 0.15) is 24.1 Å². The molecule has 184 valence electrons. The standard InChI is InChI=1S/C17H16BrFN4O10S/c18-10-7-2-1-6(19)3-8(7)23(9(10)4-24)34(30,31)17-20-5-22(21-17)33-16-13(27)11(25)12(26)14(32-16)15(28)29/h1-3,5,11-14,16,24-27H,4H2,(H,28,29)/t11-,12-,13+,14-,16-/m0/s1. The minimum Gasteiger partial charge on any atom is -0.479 e. The Balaban J connectivity index is 1.69. The summed E-state index contributed by atoms with van der Waals surface area (Å²) >= 11 is 3.18. The molecule has 3 aromatic rings. The number of nitrogens with zero attached hydrogens (tertiary/aromatic N) is 4. The molecule has 1 saturated heterocycles. The Bertz CT molecular complexity index is 1360. The van der Waals surface area contributed by atoms with Crippen LogP contribution in [0.25, 0.3) is 10.9 Å². The number of ether oxygens (including phenoxy) is 1. The van der Waals surface area contributed by atoms with Crippen LogP contribution in [0.5, 0.6) is 0 Å². The maximum Gasteiger partial charge on any atom is 0.335 e. The summed E-state index contributed by atoms with van der Waals surface area (Å²) in [6.45, 7) is -0.744. The molecular formula is C17H16BrFN4O10S. The Morgan fingerprint density at radius 3 is 2.59 bits per heavy atom. The van der Waals surface area contributed by atoms with Crippen molar-refractivity contribution in [1.82, 2.24) is 18.9 Å². The Kier molecular flexibility index (Phi) is 6.36. The first-order chi connectivity index (χ1) is 16.0. The molecule has 1 aromatic carbocycles. The van der Waals surface area contributed by atoms with Gasteiger partial charge in [-0.3, -0.25) is 0 Å². The number of benzene rings is 1. The predicted molar refractivity (Wildman–Crippen MR) is 109 cm³/mol. The summed E-state index contributed by atoms with van der Waals surface area (Å²) in [5.74, 6) is -2.39. The Morgan fingerprint density at radius 2 is 1.94 bits per heavy atom. The second-order valence-electron chi connectivity index (χ2n) is 7.12. The average Bonchev–Trinajstić information content (AvgIpc) is 3.36. The van der Waals surface area contributed by atoms with Gasteiger partial charge in [0.2, 0.25) is 0 Å². The van der Waals surface area contributed by atoms with Gasteiger partial charge in [-0.25, -0.2) is 13.2 Å². The first kappa shape index (κ1) is 24.5. The van der Waals surface area contributed by atoms with Crippen LogP contribution in [-0.2, 0) is 26.2 Å². The van der Waals surface area contributed by atoms with Gasteiger partial charge in [0, 0.05) is 9.86 Å². The summed E-state index contributed by atoms with van der Waals surface area (Å²) < 4.78 is 46.1. The molecular weight excluding hydrogens is 551 g/mol. The van der Waals surface area contributed by atoms with Crippen molar-refractivity contribution < 1.29 is 52.7 Å². The number of aromatic nitrogens is 4. The van der Waals surface area contributed by atoms with Gasteiger partial charge in [0.05, 0.1) is 17.8 Å². The third-order valence-electron chi connectivity index (χ3n) is 5.01. The summed E-state index contributed by atoms with van der Waals surface area (Å²) in [7, 11) is -4.63. The number of aliphatic carboxylic acids is 1. The SMILES string of the molecule is O=C(O)[C@H]1O[C@@H](On2cnc(S(=O)(=O)n3c(CO)c(Br)c4ccc(F)cc43)n2)[C@H](O)[C@@H](O)[C@@H]1O. The molecule has 1 aliphatic rings. The number of aliphatic hydroxyl groups is 4. The van der Waals surface area contributed by atoms with E-state index in [4.69, 9.17) is 14.7 Å². The van der Waals surface area contributed by atoms with Gasteiger partial charge in [-0.1, -0.05) is 4.85 Å². The lowest BCUT2D eigenvalue weighted by Gasteiger charge is -2.37. The average molecular weight is 567 g/mol. The van der Waals surface area contributed by atoms with Crippen molar-refractivity contribution in [1.29, 1.82) is 0 Å². The van der Waals surface area contributed by atoms with Crippen molar-refractivity contribution in [3.05, 3.63) is 40.5 Å². The second kappa shape index (κ2) is 8.84. The maximum atomic E-state index is 13.8. The van der Waals surface area contributed by atoms with Crippen molar-refractivity contribution in [3.63, 3.8) is 0 Å². The molecule has 1 aliphatic heterocycles. The van der Waals surface area contributed by atoms with Crippen molar-refractivity contribution in [2.24, 2.45) is 0 Å².